The highest BCUT2D eigenvalue weighted by molar-refractivity contribution is 6.59. The standard InChI is InChI=1S/C28H31Cl4NO5/c1-12-8-14(24(2,3)4)13(15(9-12)25(5,6)7)11-33-23(36)37-26-10-16(17(29)20(26)32)27-21(34)18(30)19(31)22(35)28(26,27)38-27/h8-9,16-17,20H,10-11H2,1-7H3,(H,33,36). The van der Waals surface area contributed by atoms with Gasteiger partial charge in [0.15, 0.2) is 11.2 Å². The molecule has 6 unspecified atom stereocenters. The average Bonchev–Trinajstić information content (AvgIpc) is 3.40. The van der Waals surface area contributed by atoms with Crippen LogP contribution in [0, 0.1) is 12.8 Å². The Morgan fingerprint density at radius 2 is 1.55 bits per heavy atom. The summed E-state index contributed by atoms with van der Waals surface area (Å²) in [6.07, 6.45) is -0.710. The summed E-state index contributed by atoms with van der Waals surface area (Å²) in [7, 11) is 0. The van der Waals surface area contributed by atoms with E-state index in [9.17, 15) is 14.4 Å². The quantitative estimate of drug-likeness (QED) is 0.331. The van der Waals surface area contributed by atoms with Crippen molar-refractivity contribution in [3.05, 3.63) is 44.5 Å². The monoisotopic (exact) mass is 601 g/mol. The Bertz CT molecular complexity index is 1290. The van der Waals surface area contributed by atoms with E-state index in [1.165, 1.54) is 0 Å². The maximum absolute atomic E-state index is 13.4. The Hall–Kier alpha value is -1.31. The van der Waals surface area contributed by atoms with Crippen molar-refractivity contribution in [2.24, 2.45) is 5.92 Å². The van der Waals surface area contributed by atoms with Crippen molar-refractivity contribution in [1.82, 2.24) is 5.32 Å². The number of aryl methyl sites for hydroxylation is 1. The molecule has 6 atom stereocenters. The summed E-state index contributed by atoms with van der Waals surface area (Å²) in [5.74, 6) is -2.00. The Labute approximate surface area is 242 Å². The molecule has 1 amide bonds. The third-order valence-electron chi connectivity index (χ3n) is 8.49. The van der Waals surface area contributed by atoms with E-state index in [1.807, 2.05) is 0 Å². The van der Waals surface area contributed by atoms with Gasteiger partial charge in [-0.15, -0.1) is 23.2 Å². The Balaban J connectivity index is 1.48. The van der Waals surface area contributed by atoms with Crippen molar-refractivity contribution in [2.45, 2.75) is 99.8 Å². The number of carbonyl (C=O) groups excluding carboxylic acids is 3. The van der Waals surface area contributed by atoms with E-state index in [0.717, 1.165) is 22.3 Å². The van der Waals surface area contributed by atoms with Crippen LogP contribution in [0.4, 0.5) is 4.79 Å². The molecule has 3 aliphatic carbocycles. The van der Waals surface area contributed by atoms with Crippen LogP contribution in [0.1, 0.15) is 70.2 Å². The molecular formula is C28H31Cl4NO5. The zero-order valence-corrected chi connectivity index (χ0v) is 25.4. The van der Waals surface area contributed by atoms with Crippen LogP contribution in [-0.4, -0.2) is 45.2 Å². The molecule has 1 N–H and O–H groups in total. The molecule has 0 aromatic heterocycles. The fourth-order valence-electron chi connectivity index (χ4n) is 6.85. The molecule has 0 radical (unpaired) electrons. The zero-order chi connectivity index (χ0) is 28.4. The maximum Gasteiger partial charge on any atom is 0.408 e. The summed E-state index contributed by atoms with van der Waals surface area (Å²) >= 11 is 25.6. The van der Waals surface area contributed by atoms with E-state index in [4.69, 9.17) is 55.9 Å². The van der Waals surface area contributed by atoms with Gasteiger partial charge < -0.3 is 14.8 Å². The fourth-order valence-corrected chi connectivity index (χ4v) is 8.23. The molecule has 1 saturated heterocycles. The minimum Gasteiger partial charge on any atom is -0.438 e. The number of hydrogen-bond acceptors (Lipinski definition) is 5. The van der Waals surface area contributed by atoms with E-state index < -0.39 is 61.2 Å². The van der Waals surface area contributed by atoms with Gasteiger partial charge in [0.1, 0.15) is 10.1 Å². The first-order chi connectivity index (χ1) is 17.4. The van der Waals surface area contributed by atoms with Gasteiger partial charge in [0.25, 0.3) is 0 Å². The van der Waals surface area contributed by atoms with Crippen molar-refractivity contribution < 1.29 is 23.9 Å². The Morgan fingerprint density at radius 1 is 1.03 bits per heavy atom. The number of epoxide rings is 1. The van der Waals surface area contributed by atoms with Gasteiger partial charge >= 0.3 is 6.09 Å². The molecule has 1 aromatic carbocycles. The zero-order valence-electron chi connectivity index (χ0n) is 22.4. The third-order valence-corrected chi connectivity index (χ3v) is 10.6. The largest absolute Gasteiger partial charge is 0.438 e. The van der Waals surface area contributed by atoms with Gasteiger partial charge in [-0.25, -0.2) is 4.79 Å². The summed E-state index contributed by atoms with van der Waals surface area (Å²) < 4.78 is 11.9. The highest BCUT2D eigenvalue weighted by Crippen LogP contribution is 2.78. The van der Waals surface area contributed by atoms with Crippen LogP contribution in [0.25, 0.3) is 0 Å². The smallest absolute Gasteiger partial charge is 0.408 e. The van der Waals surface area contributed by atoms with Crippen LogP contribution in [0.15, 0.2) is 22.2 Å². The fraction of sp³-hybridized carbons (Fsp3) is 0.607. The number of Topliss-reactive ketones (excluding diaryl/α,β-unsaturated/α-hetero) is 2. The van der Waals surface area contributed by atoms with E-state index in [1.54, 1.807) is 0 Å². The van der Waals surface area contributed by atoms with E-state index in [0.29, 0.717) is 0 Å². The number of alkyl carbamates (subject to hydrolysis) is 1. The van der Waals surface area contributed by atoms with Gasteiger partial charge in [0.2, 0.25) is 17.2 Å². The molecule has 2 saturated carbocycles. The minimum absolute atomic E-state index is 0.0829. The first-order valence-electron chi connectivity index (χ1n) is 12.6. The van der Waals surface area contributed by atoms with E-state index in [-0.39, 0.29) is 23.8 Å². The summed E-state index contributed by atoms with van der Waals surface area (Å²) in [6, 6.07) is 4.27. The SMILES string of the molecule is Cc1cc(C(C)(C)C)c(CNC(=O)OC23CC(C(Cl)C2Cl)C24OC32C(=O)C(Cl)=C(Cl)C4=O)c(C(C)(C)C)c1. The number of halogens is 4. The normalized spacial score (nSPS) is 35.8. The molecule has 1 aromatic rings. The highest BCUT2D eigenvalue weighted by atomic mass is 35.5. The lowest BCUT2D eigenvalue weighted by molar-refractivity contribution is -0.131. The third kappa shape index (κ3) is 3.40. The lowest BCUT2D eigenvalue weighted by Crippen LogP contribution is -2.64. The molecule has 0 spiro atoms. The molecule has 206 valence electrons. The number of rotatable bonds is 3. The first-order valence-corrected chi connectivity index (χ1v) is 14.2. The predicted octanol–water partition coefficient (Wildman–Crippen LogP) is 6.15. The molecule has 2 bridgehead atoms. The Morgan fingerprint density at radius 3 is 2.08 bits per heavy atom. The molecule has 5 rings (SSSR count). The molecule has 38 heavy (non-hydrogen) atoms. The molecule has 1 aliphatic heterocycles. The van der Waals surface area contributed by atoms with Crippen LogP contribution in [0.3, 0.4) is 0 Å². The number of ether oxygens (including phenoxy) is 2. The van der Waals surface area contributed by atoms with Gasteiger partial charge in [-0.05, 0) is 40.9 Å². The molecular weight excluding hydrogens is 572 g/mol. The average molecular weight is 603 g/mol. The van der Waals surface area contributed by atoms with Crippen molar-refractivity contribution in [2.75, 3.05) is 0 Å². The van der Waals surface area contributed by atoms with E-state index in [2.05, 4.69) is 65.9 Å². The number of fused-ring (bicyclic) bond motifs is 2. The number of ketones is 2. The molecule has 10 heteroatoms. The summed E-state index contributed by atoms with van der Waals surface area (Å²) in [5.41, 5.74) is -1.12. The van der Waals surface area contributed by atoms with Crippen molar-refractivity contribution in [3.63, 3.8) is 0 Å². The first kappa shape index (κ1) is 28.2. The Kier molecular flexibility index (Phi) is 6.21. The van der Waals surface area contributed by atoms with Gasteiger partial charge in [0, 0.05) is 12.5 Å². The molecule has 3 fully saturated rings. The molecule has 6 nitrogen and oxygen atoms in total. The van der Waals surface area contributed by atoms with Gasteiger partial charge in [-0.2, -0.15) is 0 Å². The molecule has 1 heterocycles. The van der Waals surface area contributed by atoms with Crippen LogP contribution in [0.5, 0.6) is 0 Å². The van der Waals surface area contributed by atoms with Crippen molar-refractivity contribution >= 4 is 64.1 Å². The maximum atomic E-state index is 13.4. The predicted molar refractivity (Wildman–Crippen MR) is 147 cm³/mol. The van der Waals surface area contributed by atoms with Gasteiger partial charge in [0.05, 0.1) is 10.8 Å². The van der Waals surface area contributed by atoms with Gasteiger partial charge in [-0.3, -0.25) is 9.59 Å². The number of nitrogens with one attached hydrogen (secondary N) is 1. The highest BCUT2D eigenvalue weighted by Gasteiger charge is 3.00. The summed E-state index contributed by atoms with van der Waals surface area (Å²) in [4.78, 5) is 40.0. The van der Waals surface area contributed by atoms with Crippen molar-refractivity contribution in [1.29, 1.82) is 0 Å². The van der Waals surface area contributed by atoms with Gasteiger partial charge in [-0.1, -0.05) is 82.4 Å². The second-order valence-electron chi connectivity index (χ2n) is 12.9. The summed E-state index contributed by atoms with van der Waals surface area (Å²) in [5, 5.41) is 0.270. The lowest BCUT2D eigenvalue weighted by atomic mass is 9.69. The van der Waals surface area contributed by atoms with Crippen LogP contribution < -0.4 is 5.32 Å². The number of benzene rings is 1. The number of hydrogen-bond donors (Lipinski definition) is 1. The van der Waals surface area contributed by atoms with E-state index >= 15 is 0 Å². The molecule has 4 aliphatic rings. The minimum atomic E-state index is -1.83. The van der Waals surface area contributed by atoms with Crippen LogP contribution in [0.2, 0.25) is 0 Å². The topological polar surface area (TPSA) is 85.0 Å². The van der Waals surface area contributed by atoms with Crippen LogP contribution in [-0.2, 0) is 36.4 Å². The summed E-state index contributed by atoms with van der Waals surface area (Å²) in [6.45, 7) is 15.0. The lowest BCUT2D eigenvalue weighted by Gasteiger charge is -2.39. The number of carbonyl (C=O) groups is 3. The second-order valence-corrected chi connectivity index (χ2v) is 14.7. The van der Waals surface area contributed by atoms with Crippen LogP contribution >= 0.6 is 46.4 Å². The van der Waals surface area contributed by atoms with Crippen molar-refractivity contribution in [3.8, 4) is 0 Å². The number of alkyl halides is 2. The second kappa shape index (κ2) is 8.36. The number of amides is 1.